The van der Waals surface area contributed by atoms with Gasteiger partial charge in [-0.25, -0.2) is 0 Å². The van der Waals surface area contributed by atoms with Crippen molar-refractivity contribution in [1.29, 1.82) is 0 Å². The van der Waals surface area contributed by atoms with Crippen molar-refractivity contribution < 1.29 is 0 Å². The van der Waals surface area contributed by atoms with Gasteiger partial charge in [-0.3, -0.25) is 4.98 Å². The first-order valence-electron chi connectivity index (χ1n) is 16.1. The molecule has 8 aromatic carbocycles. The summed E-state index contributed by atoms with van der Waals surface area (Å²) in [5.74, 6) is 0. The molecule has 0 aliphatic heterocycles. The second kappa shape index (κ2) is 10.1. The van der Waals surface area contributed by atoms with Crippen LogP contribution < -0.4 is 0 Å². The Hall–Kier alpha value is -6.25. The monoisotopic (exact) mass is 596 g/mol. The SMILES string of the molecule is c1ccc(-c2ccc3ccc4c(-c5ccc(-n6c7ccccc7c7ccccc76)cc5)ccc5ccc2c3c54)c(-c2ccncc2)c1. The molecule has 0 saturated heterocycles. The van der Waals surface area contributed by atoms with E-state index in [1.54, 1.807) is 0 Å². The number of benzene rings is 8. The van der Waals surface area contributed by atoms with Gasteiger partial charge in [0, 0.05) is 28.9 Å². The van der Waals surface area contributed by atoms with Gasteiger partial charge in [0.2, 0.25) is 0 Å². The van der Waals surface area contributed by atoms with Gasteiger partial charge in [-0.2, -0.15) is 0 Å². The topological polar surface area (TPSA) is 17.8 Å². The van der Waals surface area contributed by atoms with E-state index in [1.165, 1.54) is 93.2 Å². The molecule has 0 saturated carbocycles. The highest BCUT2D eigenvalue weighted by Gasteiger charge is 2.17. The van der Waals surface area contributed by atoms with Gasteiger partial charge in [0.05, 0.1) is 11.0 Å². The van der Waals surface area contributed by atoms with Gasteiger partial charge >= 0.3 is 0 Å². The van der Waals surface area contributed by atoms with E-state index in [9.17, 15) is 0 Å². The quantitative estimate of drug-likeness (QED) is 0.185. The van der Waals surface area contributed by atoms with Crippen LogP contribution in [0.1, 0.15) is 0 Å². The Kier molecular flexibility index (Phi) is 5.61. The summed E-state index contributed by atoms with van der Waals surface area (Å²) in [4.78, 5) is 4.25. The Labute approximate surface area is 272 Å². The summed E-state index contributed by atoms with van der Waals surface area (Å²) in [6.07, 6.45) is 3.74. The molecule has 2 heteroatoms. The Bertz CT molecular complexity index is 2720. The Morgan fingerprint density at radius 1 is 0.340 bits per heavy atom. The average molecular weight is 597 g/mol. The fraction of sp³-hybridized carbons (Fsp3) is 0. The number of pyridine rings is 1. The van der Waals surface area contributed by atoms with Crippen LogP contribution >= 0.6 is 0 Å². The molecule has 0 aliphatic carbocycles. The van der Waals surface area contributed by atoms with E-state index in [1.807, 2.05) is 12.4 Å². The molecule has 0 radical (unpaired) electrons. The van der Waals surface area contributed by atoms with Gasteiger partial charge in [0.15, 0.2) is 0 Å². The van der Waals surface area contributed by atoms with E-state index in [0.29, 0.717) is 0 Å². The molecule has 0 unspecified atom stereocenters. The molecule has 0 aliphatic rings. The summed E-state index contributed by atoms with van der Waals surface area (Å²) >= 11 is 0. The Balaban J connectivity index is 1.15. The molecule has 0 N–H and O–H groups in total. The average Bonchev–Trinajstić information content (AvgIpc) is 3.48. The van der Waals surface area contributed by atoms with Crippen LogP contribution in [0.4, 0.5) is 0 Å². The van der Waals surface area contributed by atoms with E-state index >= 15 is 0 Å². The van der Waals surface area contributed by atoms with E-state index in [2.05, 4.69) is 167 Å². The van der Waals surface area contributed by atoms with Crippen molar-refractivity contribution >= 4 is 54.1 Å². The van der Waals surface area contributed by atoms with Crippen LogP contribution in [0.2, 0.25) is 0 Å². The zero-order valence-electron chi connectivity index (χ0n) is 25.6. The van der Waals surface area contributed by atoms with Crippen LogP contribution in [-0.2, 0) is 0 Å². The molecule has 2 nitrogen and oxygen atoms in total. The molecule has 218 valence electrons. The fourth-order valence-corrected chi connectivity index (χ4v) is 7.78. The van der Waals surface area contributed by atoms with Gasteiger partial charge in [-0.05, 0) is 102 Å². The van der Waals surface area contributed by atoms with E-state index in [0.717, 1.165) is 0 Å². The number of hydrogen-bond donors (Lipinski definition) is 0. The Morgan fingerprint density at radius 2 is 0.851 bits per heavy atom. The molecule has 10 rings (SSSR count). The number of aromatic nitrogens is 2. The minimum Gasteiger partial charge on any atom is -0.309 e. The lowest BCUT2D eigenvalue weighted by molar-refractivity contribution is 1.18. The number of hydrogen-bond acceptors (Lipinski definition) is 1. The summed E-state index contributed by atoms with van der Waals surface area (Å²) in [5.41, 5.74) is 11.0. The van der Waals surface area contributed by atoms with Crippen LogP contribution in [0.15, 0.2) is 170 Å². The lowest BCUT2D eigenvalue weighted by Gasteiger charge is -2.18. The van der Waals surface area contributed by atoms with E-state index in [-0.39, 0.29) is 0 Å². The first-order valence-corrected chi connectivity index (χ1v) is 16.1. The predicted molar refractivity (Wildman–Crippen MR) is 199 cm³/mol. The molecule has 47 heavy (non-hydrogen) atoms. The molecular formula is C45H28N2. The Morgan fingerprint density at radius 3 is 1.51 bits per heavy atom. The summed E-state index contributed by atoms with van der Waals surface area (Å²) in [6, 6.07) is 57.7. The summed E-state index contributed by atoms with van der Waals surface area (Å²) < 4.78 is 2.38. The third-order valence-corrected chi connectivity index (χ3v) is 9.89. The van der Waals surface area contributed by atoms with Crippen LogP contribution in [-0.4, -0.2) is 9.55 Å². The van der Waals surface area contributed by atoms with E-state index in [4.69, 9.17) is 0 Å². The smallest absolute Gasteiger partial charge is 0.0541 e. The lowest BCUT2D eigenvalue weighted by Crippen LogP contribution is -1.94. The normalized spacial score (nSPS) is 11.8. The molecular weight excluding hydrogens is 569 g/mol. The van der Waals surface area contributed by atoms with Crippen molar-refractivity contribution in [3.8, 4) is 39.1 Å². The number of para-hydroxylation sites is 2. The zero-order chi connectivity index (χ0) is 30.9. The third kappa shape index (κ3) is 3.89. The standard InChI is InChI=1S/C45H28N2/c1-2-8-36(34(7-1)30-25-27-46-28-26-30)37-22-16-32-17-23-40-35(21-15-31-18-24-41(37)45(32)44(31)40)29-13-19-33(20-14-29)47-42-11-5-3-9-38(42)39-10-4-6-12-43(39)47/h1-28H. The van der Waals surface area contributed by atoms with Gasteiger partial charge in [0.25, 0.3) is 0 Å². The van der Waals surface area contributed by atoms with Gasteiger partial charge in [-0.15, -0.1) is 0 Å². The van der Waals surface area contributed by atoms with Crippen molar-refractivity contribution in [3.63, 3.8) is 0 Å². The van der Waals surface area contributed by atoms with Crippen molar-refractivity contribution in [3.05, 3.63) is 170 Å². The maximum atomic E-state index is 4.25. The van der Waals surface area contributed by atoms with Crippen molar-refractivity contribution in [2.45, 2.75) is 0 Å². The molecule has 2 heterocycles. The van der Waals surface area contributed by atoms with Gasteiger partial charge in [-0.1, -0.05) is 121 Å². The van der Waals surface area contributed by atoms with Crippen molar-refractivity contribution in [2.75, 3.05) is 0 Å². The summed E-state index contributed by atoms with van der Waals surface area (Å²) in [5, 5.41) is 10.3. The predicted octanol–water partition coefficient (Wildman–Crippen LogP) is 12.1. The number of fused-ring (bicyclic) bond motifs is 3. The maximum Gasteiger partial charge on any atom is 0.0541 e. The highest BCUT2D eigenvalue weighted by atomic mass is 15.0. The van der Waals surface area contributed by atoms with Crippen LogP contribution in [0.3, 0.4) is 0 Å². The highest BCUT2D eigenvalue weighted by molar-refractivity contribution is 6.27. The lowest BCUT2D eigenvalue weighted by atomic mass is 9.86. The molecule has 2 aromatic heterocycles. The molecule has 0 amide bonds. The first-order chi connectivity index (χ1) is 23.3. The zero-order valence-corrected chi connectivity index (χ0v) is 25.6. The molecule has 0 spiro atoms. The van der Waals surface area contributed by atoms with Crippen LogP contribution in [0.25, 0.3) is 93.2 Å². The second-order valence-electron chi connectivity index (χ2n) is 12.3. The highest BCUT2D eigenvalue weighted by Crippen LogP contribution is 2.44. The fourth-order valence-electron chi connectivity index (χ4n) is 7.78. The second-order valence-corrected chi connectivity index (χ2v) is 12.3. The van der Waals surface area contributed by atoms with Crippen LogP contribution in [0.5, 0.6) is 0 Å². The summed E-state index contributed by atoms with van der Waals surface area (Å²) in [6.45, 7) is 0. The van der Waals surface area contributed by atoms with Crippen LogP contribution in [0, 0.1) is 0 Å². The molecule has 0 atom stereocenters. The van der Waals surface area contributed by atoms with Gasteiger partial charge < -0.3 is 4.57 Å². The minimum atomic E-state index is 1.17. The summed E-state index contributed by atoms with van der Waals surface area (Å²) in [7, 11) is 0. The number of nitrogens with zero attached hydrogens (tertiary/aromatic N) is 2. The third-order valence-electron chi connectivity index (χ3n) is 9.89. The largest absolute Gasteiger partial charge is 0.309 e. The number of rotatable bonds is 4. The van der Waals surface area contributed by atoms with Crippen molar-refractivity contribution in [2.24, 2.45) is 0 Å². The first kappa shape index (κ1) is 26.0. The van der Waals surface area contributed by atoms with Gasteiger partial charge in [0.1, 0.15) is 0 Å². The van der Waals surface area contributed by atoms with Crippen molar-refractivity contribution in [1.82, 2.24) is 9.55 Å². The van der Waals surface area contributed by atoms with E-state index < -0.39 is 0 Å². The molecule has 0 fully saturated rings. The molecule has 0 bridgehead atoms. The maximum absolute atomic E-state index is 4.25. The minimum absolute atomic E-state index is 1.17. The molecule has 10 aromatic rings.